The Balaban J connectivity index is 3.09. The molecule has 1 aromatic rings. The van der Waals surface area contributed by atoms with Crippen LogP contribution in [0.4, 0.5) is 13.2 Å². The summed E-state index contributed by atoms with van der Waals surface area (Å²) in [4.78, 5) is -0.218. The van der Waals surface area contributed by atoms with Crippen LogP contribution in [-0.2, 0) is 16.6 Å². The van der Waals surface area contributed by atoms with Crippen molar-refractivity contribution in [3.63, 3.8) is 0 Å². The van der Waals surface area contributed by atoms with Gasteiger partial charge in [-0.1, -0.05) is 6.92 Å². The Morgan fingerprint density at radius 3 is 2.50 bits per heavy atom. The third-order valence-electron chi connectivity index (χ3n) is 2.61. The van der Waals surface area contributed by atoms with Crippen molar-refractivity contribution in [1.82, 2.24) is 10.0 Å². The molecule has 0 unspecified atom stereocenters. The lowest BCUT2D eigenvalue weighted by atomic mass is 10.1. The molecular weight excluding hydrogens is 293 g/mol. The van der Waals surface area contributed by atoms with Crippen LogP contribution in [0.2, 0.25) is 0 Å². The van der Waals surface area contributed by atoms with E-state index in [1.54, 1.807) is 4.72 Å². The fourth-order valence-corrected chi connectivity index (χ4v) is 2.75. The van der Waals surface area contributed by atoms with Crippen LogP contribution in [0.25, 0.3) is 0 Å². The monoisotopic (exact) mass is 310 g/mol. The summed E-state index contributed by atoms with van der Waals surface area (Å²) in [6.07, 6.45) is -2.78. The van der Waals surface area contributed by atoms with Crippen molar-refractivity contribution in [1.29, 1.82) is 0 Å². The van der Waals surface area contributed by atoms with E-state index in [0.29, 0.717) is 6.54 Å². The van der Waals surface area contributed by atoms with E-state index in [0.717, 1.165) is 12.1 Å². The van der Waals surface area contributed by atoms with Gasteiger partial charge >= 0.3 is 0 Å². The summed E-state index contributed by atoms with van der Waals surface area (Å²) in [5.41, 5.74) is 0.335. The molecule has 0 radical (unpaired) electrons. The highest BCUT2D eigenvalue weighted by Gasteiger charge is 2.19. The van der Waals surface area contributed by atoms with Gasteiger partial charge in [0.1, 0.15) is 5.82 Å². The van der Waals surface area contributed by atoms with Crippen LogP contribution in [0.3, 0.4) is 0 Å². The maximum absolute atomic E-state index is 13.8. The highest BCUT2D eigenvalue weighted by atomic mass is 32.2. The molecule has 0 aliphatic heterocycles. The molecule has 0 aromatic heterocycles. The van der Waals surface area contributed by atoms with Crippen LogP contribution in [0.1, 0.15) is 18.1 Å². The SMILES string of the molecule is CCNCc1cc(S(=O)(=O)NCC(F)F)cc(C)c1F. The summed E-state index contributed by atoms with van der Waals surface area (Å²) < 4.78 is 63.4. The van der Waals surface area contributed by atoms with Gasteiger partial charge in [-0.15, -0.1) is 0 Å². The van der Waals surface area contributed by atoms with E-state index in [4.69, 9.17) is 0 Å². The summed E-state index contributed by atoms with van der Waals surface area (Å²) in [7, 11) is -4.07. The Kier molecular flexibility index (Phi) is 5.97. The Bertz CT molecular complexity index is 562. The standard InChI is InChI=1S/C12H17F3N2O2S/c1-3-16-6-9-5-10(4-8(2)12(9)15)20(18,19)17-7-11(13)14/h4-5,11,16-17H,3,6-7H2,1-2H3. The van der Waals surface area contributed by atoms with E-state index in [1.807, 2.05) is 6.92 Å². The first-order chi connectivity index (χ1) is 9.27. The second kappa shape index (κ2) is 7.05. The van der Waals surface area contributed by atoms with Gasteiger partial charge in [-0.2, -0.15) is 0 Å². The zero-order chi connectivity index (χ0) is 15.3. The first-order valence-corrected chi connectivity index (χ1v) is 7.53. The van der Waals surface area contributed by atoms with Gasteiger partial charge < -0.3 is 5.32 Å². The summed E-state index contributed by atoms with van der Waals surface area (Å²) in [5, 5.41) is 2.89. The molecule has 0 spiro atoms. The lowest BCUT2D eigenvalue weighted by molar-refractivity contribution is 0.153. The summed E-state index contributed by atoms with van der Waals surface area (Å²) in [6.45, 7) is 3.05. The predicted octanol–water partition coefficient (Wildman–Crippen LogP) is 1.79. The number of sulfonamides is 1. The van der Waals surface area contributed by atoms with E-state index in [2.05, 4.69) is 5.32 Å². The highest BCUT2D eigenvalue weighted by Crippen LogP contribution is 2.19. The second-order valence-corrected chi connectivity index (χ2v) is 6.00. The summed E-state index contributed by atoms with van der Waals surface area (Å²) in [6, 6.07) is 2.28. The lowest BCUT2D eigenvalue weighted by Gasteiger charge is -2.11. The number of rotatable bonds is 7. The maximum atomic E-state index is 13.8. The van der Waals surface area contributed by atoms with Crippen LogP contribution >= 0.6 is 0 Å². The first-order valence-electron chi connectivity index (χ1n) is 6.05. The molecular formula is C12H17F3N2O2S. The lowest BCUT2D eigenvalue weighted by Crippen LogP contribution is -2.29. The normalized spacial score (nSPS) is 12.1. The third kappa shape index (κ3) is 4.46. The van der Waals surface area contributed by atoms with Crippen LogP contribution < -0.4 is 10.0 Å². The molecule has 20 heavy (non-hydrogen) atoms. The van der Waals surface area contributed by atoms with Gasteiger partial charge in [0.15, 0.2) is 0 Å². The van der Waals surface area contributed by atoms with Crippen molar-refractivity contribution in [3.05, 3.63) is 29.1 Å². The van der Waals surface area contributed by atoms with Gasteiger partial charge in [0.25, 0.3) is 6.43 Å². The van der Waals surface area contributed by atoms with Crippen LogP contribution in [-0.4, -0.2) is 27.9 Å². The van der Waals surface area contributed by atoms with Gasteiger partial charge in [-0.25, -0.2) is 26.3 Å². The molecule has 1 aromatic carbocycles. The molecule has 0 saturated carbocycles. The van der Waals surface area contributed by atoms with E-state index in [1.165, 1.54) is 6.92 Å². The minimum Gasteiger partial charge on any atom is -0.313 e. The molecule has 0 fully saturated rings. The maximum Gasteiger partial charge on any atom is 0.251 e. The number of hydrogen-bond acceptors (Lipinski definition) is 3. The molecule has 114 valence electrons. The number of halogens is 3. The fourth-order valence-electron chi connectivity index (χ4n) is 1.61. The molecule has 2 N–H and O–H groups in total. The number of hydrogen-bond donors (Lipinski definition) is 2. The van der Waals surface area contributed by atoms with E-state index in [-0.39, 0.29) is 22.6 Å². The molecule has 0 amide bonds. The zero-order valence-electron chi connectivity index (χ0n) is 11.2. The summed E-state index contributed by atoms with van der Waals surface area (Å²) >= 11 is 0. The number of benzene rings is 1. The van der Waals surface area contributed by atoms with Crippen molar-refractivity contribution in [2.45, 2.75) is 31.7 Å². The molecule has 8 heteroatoms. The van der Waals surface area contributed by atoms with Crippen LogP contribution in [0.5, 0.6) is 0 Å². The Hall–Kier alpha value is -1.12. The number of aryl methyl sites for hydroxylation is 1. The summed E-state index contributed by atoms with van der Waals surface area (Å²) in [5.74, 6) is -0.501. The van der Waals surface area contributed by atoms with Crippen molar-refractivity contribution >= 4 is 10.0 Å². The molecule has 4 nitrogen and oxygen atoms in total. The average molecular weight is 310 g/mol. The predicted molar refractivity (Wildman–Crippen MR) is 69.7 cm³/mol. The van der Waals surface area contributed by atoms with Gasteiger partial charge in [0.05, 0.1) is 11.4 Å². The Labute approximate surface area is 116 Å². The molecule has 0 aliphatic rings. The second-order valence-electron chi connectivity index (χ2n) is 4.24. The highest BCUT2D eigenvalue weighted by molar-refractivity contribution is 7.89. The van der Waals surface area contributed by atoms with E-state index >= 15 is 0 Å². The Morgan fingerprint density at radius 2 is 1.95 bits per heavy atom. The van der Waals surface area contributed by atoms with Gasteiger partial charge in [-0.05, 0) is 31.2 Å². The van der Waals surface area contributed by atoms with Crippen LogP contribution in [0, 0.1) is 12.7 Å². The molecule has 0 aliphatic carbocycles. The average Bonchev–Trinajstić information content (AvgIpc) is 2.38. The molecule has 0 saturated heterocycles. The fraction of sp³-hybridized carbons (Fsp3) is 0.500. The topological polar surface area (TPSA) is 58.2 Å². The van der Waals surface area contributed by atoms with Gasteiger partial charge in [0.2, 0.25) is 10.0 Å². The van der Waals surface area contributed by atoms with Crippen molar-refractivity contribution in [3.8, 4) is 0 Å². The van der Waals surface area contributed by atoms with Crippen molar-refractivity contribution in [2.75, 3.05) is 13.1 Å². The number of nitrogens with one attached hydrogen (secondary N) is 2. The van der Waals surface area contributed by atoms with Crippen molar-refractivity contribution in [2.24, 2.45) is 0 Å². The smallest absolute Gasteiger partial charge is 0.251 e. The van der Waals surface area contributed by atoms with Crippen LogP contribution in [0.15, 0.2) is 17.0 Å². The van der Waals surface area contributed by atoms with Gasteiger partial charge in [0, 0.05) is 12.1 Å². The molecule has 0 atom stereocenters. The quantitative estimate of drug-likeness (QED) is 0.807. The molecule has 1 rings (SSSR count). The zero-order valence-corrected chi connectivity index (χ0v) is 12.0. The largest absolute Gasteiger partial charge is 0.313 e. The third-order valence-corrected chi connectivity index (χ3v) is 4.01. The molecule has 0 bridgehead atoms. The number of alkyl halides is 2. The van der Waals surface area contributed by atoms with Crippen molar-refractivity contribution < 1.29 is 21.6 Å². The van der Waals surface area contributed by atoms with E-state index in [9.17, 15) is 21.6 Å². The minimum absolute atomic E-state index is 0.151. The minimum atomic E-state index is -4.07. The van der Waals surface area contributed by atoms with E-state index < -0.39 is 28.8 Å². The first kappa shape index (κ1) is 16.9. The van der Waals surface area contributed by atoms with Gasteiger partial charge in [-0.3, -0.25) is 0 Å². The molecule has 0 heterocycles. The Morgan fingerprint density at radius 1 is 1.30 bits per heavy atom.